The maximum absolute atomic E-state index is 6.47. The minimum absolute atomic E-state index is 0.192. The predicted octanol–water partition coefficient (Wildman–Crippen LogP) is 3.85. The Morgan fingerprint density at radius 1 is 1.25 bits per heavy atom. The van der Waals surface area contributed by atoms with Gasteiger partial charge in [-0.3, -0.25) is 0 Å². The first-order valence-electron chi connectivity index (χ1n) is 7.85. The Kier molecular flexibility index (Phi) is 4.69. The fraction of sp³-hybridized carbons (Fsp3) is 0.647. The van der Waals surface area contributed by atoms with Crippen LogP contribution in [0, 0.1) is 5.92 Å². The van der Waals surface area contributed by atoms with Crippen LogP contribution in [0.2, 0.25) is 0 Å². The molecule has 1 aliphatic heterocycles. The number of thioether (sulfide) groups is 1. The lowest BCUT2D eigenvalue weighted by molar-refractivity contribution is -0.0951. The lowest BCUT2D eigenvalue weighted by Gasteiger charge is -2.40. The van der Waals surface area contributed by atoms with E-state index in [1.165, 1.54) is 37.0 Å². The lowest BCUT2D eigenvalue weighted by atomic mass is 9.81. The van der Waals surface area contributed by atoms with Crippen molar-refractivity contribution in [3.8, 4) is 0 Å². The number of rotatable bonds is 4. The zero-order valence-corrected chi connectivity index (χ0v) is 12.9. The second-order valence-corrected chi connectivity index (χ2v) is 7.37. The highest BCUT2D eigenvalue weighted by Gasteiger charge is 2.41. The van der Waals surface area contributed by atoms with Crippen molar-refractivity contribution in [1.82, 2.24) is 0 Å². The Hall–Kier alpha value is -0.510. The summed E-state index contributed by atoms with van der Waals surface area (Å²) in [6, 6.07) is 10.9. The fourth-order valence-corrected chi connectivity index (χ4v) is 4.65. The van der Waals surface area contributed by atoms with E-state index in [-0.39, 0.29) is 5.60 Å². The SMILES string of the molecule is NC(CSc1ccccc1)C1CCOC2(CCCC2)C1. The highest BCUT2D eigenvalue weighted by molar-refractivity contribution is 7.99. The number of ether oxygens (including phenoxy) is 1. The first kappa shape index (κ1) is 14.4. The van der Waals surface area contributed by atoms with E-state index in [2.05, 4.69) is 30.3 Å². The molecule has 3 heteroatoms. The quantitative estimate of drug-likeness (QED) is 0.856. The maximum atomic E-state index is 6.47. The Morgan fingerprint density at radius 2 is 2.00 bits per heavy atom. The topological polar surface area (TPSA) is 35.2 Å². The van der Waals surface area contributed by atoms with Crippen LogP contribution in [-0.2, 0) is 4.74 Å². The highest BCUT2D eigenvalue weighted by Crippen LogP contribution is 2.43. The lowest BCUT2D eigenvalue weighted by Crippen LogP contribution is -2.44. The van der Waals surface area contributed by atoms with Gasteiger partial charge in [0.1, 0.15) is 0 Å². The van der Waals surface area contributed by atoms with Gasteiger partial charge in [-0.15, -0.1) is 11.8 Å². The van der Waals surface area contributed by atoms with Gasteiger partial charge in [0.05, 0.1) is 5.60 Å². The molecule has 2 nitrogen and oxygen atoms in total. The summed E-state index contributed by atoms with van der Waals surface area (Å²) in [5, 5.41) is 0. The molecule has 0 aromatic heterocycles. The molecule has 20 heavy (non-hydrogen) atoms. The van der Waals surface area contributed by atoms with Gasteiger partial charge in [0.15, 0.2) is 0 Å². The van der Waals surface area contributed by atoms with Crippen LogP contribution in [-0.4, -0.2) is 24.0 Å². The average Bonchev–Trinajstić information content (AvgIpc) is 2.93. The van der Waals surface area contributed by atoms with Gasteiger partial charge >= 0.3 is 0 Å². The largest absolute Gasteiger partial charge is 0.375 e. The summed E-state index contributed by atoms with van der Waals surface area (Å²) in [4.78, 5) is 1.32. The summed E-state index contributed by atoms with van der Waals surface area (Å²) in [5.41, 5.74) is 6.66. The molecule has 1 aromatic rings. The van der Waals surface area contributed by atoms with E-state index in [1.54, 1.807) is 0 Å². The summed E-state index contributed by atoms with van der Waals surface area (Å²) in [6.45, 7) is 0.911. The van der Waals surface area contributed by atoms with Crippen molar-refractivity contribution in [2.45, 2.75) is 55.1 Å². The van der Waals surface area contributed by atoms with Crippen LogP contribution in [0.3, 0.4) is 0 Å². The molecule has 2 aliphatic rings. The van der Waals surface area contributed by atoms with Crippen LogP contribution >= 0.6 is 11.8 Å². The van der Waals surface area contributed by atoms with Crippen molar-refractivity contribution < 1.29 is 4.74 Å². The van der Waals surface area contributed by atoms with Gasteiger partial charge in [-0.2, -0.15) is 0 Å². The van der Waals surface area contributed by atoms with Gasteiger partial charge in [-0.25, -0.2) is 0 Å². The molecule has 0 bridgehead atoms. The van der Waals surface area contributed by atoms with E-state index in [0.717, 1.165) is 18.8 Å². The molecule has 1 saturated heterocycles. The van der Waals surface area contributed by atoms with Crippen molar-refractivity contribution in [3.63, 3.8) is 0 Å². The first-order valence-corrected chi connectivity index (χ1v) is 8.83. The number of hydrogen-bond donors (Lipinski definition) is 1. The Bertz CT molecular complexity index is 416. The number of nitrogens with two attached hydrogens (primary N) is 1. The molecule has 2 fully saturated rings. The highest BCUT2D eigenvalue weighted by atomic mass is 32.2. The summed E-state index contributed by atoms with van der Waals surface area (Å²) in [5.74, 6) is 1.66. The summed E-state index contributed by atoms with van der Waals surface area (Å²) in [7, 11) is 0. The van der Waals surface area contributed by atoms with E-state index in [9.17, 15) is 0 Å². The molecule has 3 rings (SSSR count). The van der Waals surface area contributed by atoms with E-state index in [1.807, 2.05) is 11.8 Å². The Morgan fingerprint density at radius 3 is 2.75 bits per heavy atom. The van der Waals surface area contributed by atoms with Crippen LogP contribution in [0.15, 0.2) is 35.2 Å². The van der Waals surface area contributed by atoms with E-state index in [0.29, 0.717) is 12.0 Å². The Balaban J connectivity index is 1.53. The second kappa shape index (κ2) is 6.50. The number of hydrogen-bond acceptors (Lipinski definition) is 3. The van der Waals surface area contributed by atoms with E-state index >= 15 is 0 Å². The molecule has 1 aliphatic carbocycles. The minimum atomic E-state index is 0.192. The molecule has 0 amide bonds. The first-order chi connectivity index (χ1) is 9.77. The third-order valence-corrected chi connectivity index (χ3v) is 5.99. The van der Waals surface area contributed by atoms with Gasteiger partial charge in [0.2, 0.25) is 0 Å². The van der Waals surface area contributed by atoms with Gasteiger partial charge in [-0.05, 0) is 43.7 Å². The monoisotopic (exact) mass is 291 g/mol. The molecule has 110 valence electrons. The summed E-state index contributed by atoms with van der Waals surface area (Å²) < 4.78 is 6.11. The van der Waals surface area contributed by atoms with Crippen molar-refractivity contribution in [1.29, 1.82) is 0 Å². The predicted molar refractivity (Wildman–Crippen MR) is 85.0 cm³/mol. The molecule has 1 spiro atoms. The maximum Gasteiger partial charge on any atom is 0.0685 e. The normalized spacial score (nSPS) is 26.8. The molecule has 1 heterocycles. The molecule has 2 atom stereocenters. The molecular formula is C17H25NOS. The molecule has 1 saturated carbocycles. The zero-order chi connectivity index (χ0) is 13.8. The Labute approximate surface area is 126 Å². The van der Waals surface area contributed by atoms with Crippen molar-refractivity contribution in [3.05, 3.63) is 30.3 Å². The van der Waals surface area contributed by atoms with Gasteiger partial charge in [0, 0.05) is 23.3 Å². The van der Waals surface area contributed by atoms with Crippen LogP contribution in [0.25, 0.3) is 0 Å². The molecule has 2 unspecified atom stereocenters. The molecular weight excluding hydrogens is 266 g/mol. The van der Waals surface area contributed by atoms with Crippen molar-refractivity contribution in [2.24, 2.45) is 11.7 Å². The molecule has 2 N–H and O–H groups in total. The van der Waals surface area contributed by atoms with Crippen LogP contribution < -0.4 is 5.73 Å². The summed E-state index contributed by atoms with van der Waals surface area (Å²) in [6.07, 6.45) is 7.49. The van der Waals surface area contributed by atoms with Gasteiger partial charge < -0.3 is 10.5 Å². The molecule has 1 aromatic carbocycles. The third kappa shape index (κ3) is 3.38. The minimum Gasteiger partial charge on any atom is -0.375 e. The molecule has 0 radical (unpaired) electrons. The third-order valence-electron chi connectivity index (χ3n) is 4.84. The van der Waals surface area contributed by atoms with Crippen LogP contribution in [0.5, 0.6) is 0 Å². The van der Waals surface area contributed by atoms with E-state index in [4.69, 9.17) is 10.5 Å². The number of benzene rings is 1. The van der Waals surface area contributed by atoms with Gasteiger partial charge in [0.25, 0.3) is 0 Å². The van der Waals surface area contributed by atoms with Gasteiger partial charge in [-0.1, -0.05) is 31.0 Å². The standard InChI is InChI=1S/C17H25NOS/c18-16(13-20-15-6-2-1-3-7-15)14-8-11-19-17(12-14)9-4-5-10-17/h1-3,6-7,14,16H,4-5,8-13,18H2. The van der Waals surface area contributed by atoms with Crippen molar-refractivity contribution >= 4 is 11.8 Å². The average molecular weight is 291 g/mol. The zero-order valence-electron chi connectivity index (χ0n) is 12.1. The smallest absolute Gasteiger partial charge is 0.0685 e. The van der Waals surface area contributed by atoms with Crippen molar-refractivity contribution in [2.75, 3.05) is 12.4 Å². The van der Waals surface area contributed by atoms with Crippen LogP contribution in [0.4, 0.5) is 0 Å². The van der Waals surface area contributed by atoms with E-state index < -0.39 is 0 Å². The summed E-state index contributed by atoms with van der Waals surface area (Å²) >= 11 is 1.89. The fourth-order valence-electron chi connectivity index (χ4n) is 3.64. The second-order valence-electron chi connectivity index (χ2n) is 6.28. The van der Waals surface area contributed by atoms with Crippen LogP contribution in [0.1, 0.15) is 38.5 Å².